The van der Waals surface area contributed by atoms with E-state index in [4.69, 9.17) is 0 Å². The van der Waals surface area contributed by atoms with Gasteiger partial charge in [0.2, 0.25) is 0 Å². The highest BCUT2D eigenvalue weighted by atomic mass is 19.4. The van der Waals surface area contributed by atoms with E-state index in [9.17, 15) is 13.2 Å². The van der Waals surface area contributed by atoms with Crippen molar-refractivity contribution in [2.75, 3.05) is 5.32 Å². The molecule has 0 fully saturated rings. The molecule has 1 N–H and O–H groups in total. The lowest BCUT2D eigenvalue weighted by Gasteiger charge is -2.23. The molecule has 4 heteroatoms. The van der Waals surface area contributed by atoms with E-state index in [-0.39, 0.29) is 6.04 Å². The van der Waals surface area contributed by atoms with Gasteiger partial charge in [-0.05, 0) is 37.5 Å². The average Bonchev–Trinajstić information content (AvgIpc) is 2.29. The van der Waals surface area contributed by atoms with Gasteiger partial charge in [0, 0.05) is 11.7 Å². The molecule has 0 aromatic heterocycles. The third-order valence-corrected chi connectivity index (χ3v) is 3.45. The summed E-state index contributed by atoms with van der Waals surface area (Å²) in [4.78, 5) is 0. The highest BCUT2D eigenvalue weighted by molar-refractivity contribution is 5.53. The second kappa shape index (κ2) is 5.63. The molecule has 0 aliphatic heterocycles. The van der Waals surface area contributed by atoms with E-state index < -0.39 is 11.7 Å². The van der Waals surface area contributed by atoms with Crippen molar-refractivity contribution in [3.63, 3.8) is 0 Å². The fourth-order valence-electron chi connectivity index (χ4n) is 1.69. The quantitative estimate of drug-likeness (QED) is 0.814. The number of alkyl halides is 3. The molecular weight excluding hydrogens is 239 g/mol. The Kier molecular flexibility index (Phi) is 4.65. The van der Waals surface area contributed by atoms with Crippen molar-refractivity contribution < 1.29 is 13.2 Å². The van der Waals surface area contributed by atoms with E-state index >= 15 is 0 Å². The molecule has 0 heterocycles. The third-order valence-electron chi connectivity index (χ3n) is 3.45. The van der Waals surface area contributed by atoms with Crippen LogP contribution in [-0.2, 0) is 6.18 Å². The van der Waals surface area contributed by atoms with E-state index in [1.807, 2.05) is 13.8 Å². The second-order valence-corrected chi connectivity index (χ2v) is 4.85. The Bertz CT molecular complexity index is 399. The van der Waals surface area contributed by atoms with Gasteiger partial charge in [0.15, 0.2) is 0 Å². The number of hydrogen-bond donors (Lipinski definition) is 1. The van der Waals surface area contributed by atoms with Gasteiger partial charge in [-0.2, -0.15) is 13.2 Å². The molecule has 0 aliphatic carbocycles. The fraction of sp³-hybridized carbons (Fsp3) is 0.571. The molecule has 0 radical (unpaired) electrons. The summed E-state index contributed by atoms with van der Waals surface area (Å²) >= 11 is 0. The summed E-state index contributed by atoms with van der Waals surface area (Å²) in [5.41, 5.74) is 0.794. The maximum Gasteiger partial charge on any atom is 0.416 e. The Morgan fingerprint density at radius 3 is 2.33 bits per heavy atom. The molecule has 1 aromatic carbocycles. The van der Waals surface area contributed by atoms with Gasteiger partial charge in [-0.1, -0.05) is 26.3 Å². The lowest BCUT2D eigenvalue weighted by Crippen LogP contribution is -2.24. The van der Waals surface area contributed by atoms with Crippen LogP contribution in [0.5, 0.6) is 0 Å². The molecule has 0 bridgehead atoms. The Morgan fingerprint density at radius 2 is 1.83 bits per heavy atom. The van der Waals surface area contributed by atoms with Crippen molar-refractivity contribution in [3.05, 3.63) is 29.3 Å². The van der Waals surface area contributed by atoms with Gasteiger partial charge in [0.1, 0.15) is 0 Å². The number of nitrogens with one attached hydrogen (secondary N) is 1. The maximum absolute atomic E-state index is 12.6. The number of aryl methyl sites for hydroxylation is 1. The summed E-state index contributed by atoms with van der Waals surface area (Å²) in [5.74, 6) is 0.416. The van der Waals surface area contributed by atoms with Crippen molar-refractivity contribution in [2.45, 2.75) is 46.3 Å². The minimum absolute atomic E-state index is 0.150. The first kappa shape index (κ1) is 14.9. The van der Waals surface area contributed by atoms with Gasteiger partial charge in [-0.15, -0.1) is 0 Å². The van der Waals surface area contributed by atoms with Crippen molar-refractivity contribution in [3.8, 4) is 0 Å². The van der Waals surface area contributed by atoms with Crippen LogP contribution in [0.1, 0.15) is 38.3 Å². The number of anilines is 1. The van der Waals surface area contributed by atoms with Crippen LogP contribution in [0, 0.1) is 12.8 Å². The minimum Gasteiger partial charge on any atom is -0.382 e. The van der Waals surface area contributed by atoms with Gasteiger partial charge in [-0.3, -0.25) is 0 Å². The smallest absolute Gasteiger partial charge is 0.382 e. The van der Waals surface area contributed by atoms with Crippen LogP contribution in [-0.4, -0.2) is 6.04 Å². The molecule has 0 saturated heterocycles. The minimum atomic E-state index is -4.29. The van der Waals surface area contributed by atoms with E-state index in [2.05, 4.69) is 19.2 Å². The van der Waals surface area contributed by atoms with Gasteiger partial charge in [0.25, 0.3) is 0 Å². The molecule has 0 saturated carbocycles. The fourth-order valence-corrected chi connectivity index (χ4v) is 1.69. The first-order valence-electron chi connectivity index (χ1n) is 6.20. The van der Waals surface area contributed by atoms with E-state index in [1.165, 1.54) is 12.1 Å². The second-order valence-electron chi connectivity index (χ2n) is 4.85. The summed E-state index contributed by atoms with van der Waals surface area (Å²) in [6, 6.07) is 3.97. The standard InChI is InChI=1S/C14H20F3N/c1-5-9(2)11(4)18-13-8-12(14(15,16)17)7-6-10(13)3/h6-9,11,18H,5H2,1-4H3. The zero-order valence-corrected chi connectivity index (χ0v) is 11.2. The van der Waals surface area contributed by atoms with Crippen LogP contribution in [0.15, 0.2) is 18.2 Å². The van der Waals surface area contributed by atoms with E-state index in [1.54, 1.807) is 0 Å². The maximum atomic E-state index is 12.6. The van der Waals surface area contributed by atoms with Crippen LogP contribution in [0.4, 0.5) is 18.9 Å². The SMILES string of the molecule is CCC(C)C(C)Nc1cc(C(F)(F)F)ccc1C. The third kappa shape index (κ3) is 3.65. The highest BCUT2D eigenvalue weighted by Gasteiger charge is 2.30. The molecule has 18 heavy (non-hydrogen) atoms. The molecule has 0 spiro atoms. The zero-order valence-electron chi connectivity index (χ0n) is 11.2. The molecule has 1 aromatic rings. The Balaban J connectivity index is 2.95. The molecule has 2 atom stereocenters. The topological polar surface area (TPSA) is 12.0 Å². The van der Waals surface area contributed by atoms with Crippen molar-refractivity contribution in [1.29, 1.82) is 0 Å². The summed E-state index contributed by atoms with van der Waals surface area (Å²) in [5, 5.41) is 3.17. The van der Waals surface area contributed by atoms with E-state index in [0.29, 0.717) is 11.6 Å². The number of halogens is 3. The molecule has 2 unspecified atom stereocenters. The van der Waals surface area contributed by atoms with Gasteiger partial charge in [0.05, 0.1) is 5.56 Å². The molecule has 1 rings (SSSR count). The largest absolute Gasteiger partial charge is 0.416 e. The number of benzene rings is 1. The van der Waals surface area contributed by atoms with Crippen LogP contribution < -0.4 is 5.32 Å². The monoisotopic (exact) mass is 259 g/mol. The molecule has 1 nitrogen and oxygen atoms in total. The Morgan fingerprint density at radius 1 is 1.22 bits per heavy atom. The molecule has 0 amide bonds. The predicted octanol–water partition coefficient (Wildman–Crippen LogP) is 4.86. The van der Waals surface area contributed by atoms with Gasteiger partial charge >= 0.3 is 6.18 Å². The number of rotatable bonds is 4. The lowest BCUT2D eigenvalue weighted by atomic mass is 10.00. The summed E-state index contributed by atoms with van der Waals surface area (Å²) in [6.45, 7) is 7.96. The Hall–Kier alpha value is -1.19. The normalized spacial score (nSPS) is 15.3. The van der Waals surface area contributed by atoms with Gasteiger partial charge in [-0.25, -0.2) is 0 Å². The van der Waals surface area contributed by atoms with E-state index in [0.717, 1.165) is 18.1 Å². The number of hydrogen-bond acceptors (Lipinski definition) is 1. The summed E-state index contributed by atoms with van der Waals surface area (Å²) in [7, 11) is 0. The average molecular weight is 259 g/mol. The first-order chi connectivity index (χ1) is 8.25. The van der Waals surface area contributed by atoms with Crippen LogP contribution in [0.25, 0.3) is 0 Å². The van der Waals surface area contributed by atoms with Gasteiger partial charge < -0.3 is 5.32 Å². The molecular formula is C14H20F3N. The predicted molar refractivity (Wildman–Crippen MR) is 68.7 cm³/mol. The lowest BCUT2D eigenvalue weighted by molar-refractivity contribution is -0.137. The first-order valence-corrected chi connectivity index (χ1v) is 6.20. The van der Waals surface area contributed by atoms with Crippen LogP contribution in [0.3, 0.4) is 0 Å². The zero-order chi connectivity index (χ0) is 13.9. The molecule has 0 aliphatic rings. The highest BCUT2D eigenvalue weighted by Crippen LogP contribution is 2.32. The van der Waals surface area contributed by atoms with Crippen molar-refractivity contribution in [2.24, 2.45) is 5.92 Å². The summed E-state index contributed by atoms with van der Waals surface area (Å²) in [6.07, 6.45) is -3.30. The van der Waals surface area contributed by atoms with Crippen molar-refractivity contribution >= 4 is 5.69 Å². The Labute approximate surface area is 106 Å². The summed E-state index contributed by atoms with van der Waals surface area (Å²) < 4.78 is 37.9. The molecule has 102 valence electrons. The van der Waals surface area contributed by atoms with Crippen LogP contribution in [0.2, 0.25) is 0 Å². The van der Waals surface area contributed by atoms with Crippen molar-refractivity contribution in [1.82, 2.24) is 0 Å². The van der Waals surface area contributed by atoms with Crippen LogP contribution >= 0.6 is 0 Å².